The fourth-order valence-corrected chi connectivity index (χ4v) is 4.67. The van der Waals surface area contributed by atoms with Gasteiger partial charge in [-0.3, -0.25) is 4.79 Å². The summed E-state index contributed by atoms with van der Waals surface area (Å²) in [7, 11) is 4.66. The zero-order valence-electron chi connectivity index (χ0n) is 20.4. The number of anilines is 1. The summed E-state index contributed by atoms with van der Waals surface area (Å²) in [5, 5.41) is 3.76. The maximum absolute atomic E-state index is 13.6. The largest absolute Gasteiger partial charge is 0.493 e. The number of benzene rings is 2. The molecule has 4 rings (SSSR count). The Labute approximate surface area is 211 Å². The van der Waals surface area contributed by atoms with Gasteiger partial charge in [0.05, 0.1) is 34.5 Å². The van der Waals surface area contributed by atoms with E-state index in [0.29, 0.717) is 47.6 Å². The van der Waals surface area contributed by atoms with Gasteiger partial charge >= 0.3 is 0 Å². The molecule has 0 bridgehead atoms. The zero-order valence-corrected chi connectivity index (χ0v) is 21.1. The number of carbonyl (C=O) groups excluding carboxylic acids is 1. The van der Waals surface area contributed by atoms with E-state index in [0.717, 1.165) is 48.3 Å². The third-order valence-corrected chi connectivity index (χ3v) is 6.45. The van der Waals surface area contributed by atoms with Crippen LogP contribution in [0.4, 0.5) is 5.69 Å². The lowest BCUT2D eigenvalue weighted by Crippen LogP contribution is -2.38. The predicted octanol–water partition coefficient (Wildman–Crippen LogP) is 5.16. The third-order valence-electron chi connectivity index (χ3n) is 6.20. The number of rotatable bonds is 7. The van der Waals surface area contributed by atoms with Crippen LogP contribution in [0.3, 0.4) is 0 Å². The SMILES string of the molecule is COc1cc(NC(=O)C2=C(N3CCOCC3)/C(=C/c3ccc(Cl)cc3)CCC2)cc(OC)c1OC. The van der Waals surface area contributed by atoms with E-state index in [9.17, 15) is 4.79 Å². The second kappa shape index (κ2) is 11.5. The molecule has 0 atom stereocenters. The molecular formula is C27H31ClN2O5. The Morgan fingerprint density at radius 1 is 1.00 bits per heavy atom. The lowest BCUT2D eigenvalue weighted by atomic mass is 9.88. The molecule has 1 aliphatic heterocycles. The molecule has 0 radical (unpaired) electrons. The first-order valence-electron chi connectivity index (χ1n) is 11.7. The van der Waals surface area contributed by atoms with Gasteiger partial charge in [-0.15, -0.1) is 0 Å². The number of amides is 1. The van der Waals surface area contributed by atoms with Crippen LogP contribution in [0.5, 0.6) is 17.2 Å². The minimum atomic E-state index is -0.137. The van der Waals surface area contributed by atoms with E-state index >= 15 is 0 Å². The van der Waals surface area contributed by atoms with E-state index in [1.165, 1.54) is 0 Å². The molecule has 1 heterocycles. The van der Waals surface area contributed by atoms with Gasteiger partial charge in [0.1, 0.15) is 0 Å². The van der Waals surface area contributed by atoms with Crippen LogP contribution in [-0.2, 0) is 9.53 Å². The number of ether oxygens (including phenoxy) is 4. The molecule has 0 saturated carbocycles. The standard InChI is InChI=1S/C27H31ClN2O5/c1-32-23-16-21(17-24(33-2)26(23)34-3)29-27(31)22-6-4-5-19(15-18-7-9-20(28)10-8-18)25(22)30-11-13-35-14-12-30/h7-10,15-17H,4-6,11-14H2,1-3H3,(H,29,31)/b19-15+. The Bertz CT molecular complexity index is 1100. The van der Waals surface area contributed by atoms with Crippen LogP contribution in [0, 0.1) is 0 Å². The van der Waals surface area contributed by atoms with E-state index < -0.39 is 0 Å². The van der Waals surface area contributed by atoms with E-state index in [-0.39, 0.29) is 5.91 Å². The Morgan fingerprint density at radius 3 is 2.26 bits per heavy atom. The van der Waals surface area contributed by atoms with Crippen LogP contribution >= 0.6 is 11.6 Å². The number of allylic oxidation sites excluding steroid dienone is 1. The summed E-state index contributed by atoms with van der Waals surface area (Å²) in [6.45, 7) is 2.77. The maximum Gasteiger partial charge on any atom is 0.253 e. The van der Waals surface area contributed by atoms with E-state index in [1.54, 1.807) is 33.5 Å². The average molecular weight is 499 g/mol. The first-order valence-corrected chi connectivity index (χ1v) is 12.1. The van der Waals surface area contributed by atoms with E-state index in [4.69, 9.17) is 30.5 Å². The van der Waals surface area contributed by atoms with Crippen molar-refractivity contribution < 1.29 is 23.7 Å². The summed E-state index contributed by atoms with van der Waals surface area (Å²) >= 11 is 6.08. The van der Waals surface area contributed by atoms with Crippen molar-refractivity contribution in [2.45, 2.75) is 19.3 Å². The second-order valence-corrected chi connectivity index (χ2v) is 8.81. The summed E-state index contributed by atoms with van der Waals surface area (Å²) in [5.41, 5.74) is 4.55. The van der Waals surface area contributed by atoms with Gasteiger partial charge < -0.3 is 29.2 Å². The molecule has 8 heteroatoms. The Hall–Kier alpha value is -3.16. The fraction of sp³-hybridized carbons (Fsp3) is 0.370. The van der Waals surface area contributed by atoms with Crippen LogP contribution < -0.4 is 19.5 Å². The van der Waals surface area contributed by atoms with Gasteiger partial charge in [-0.2, -0.15) is 0 Å². The fourth-order valence-electron chi connectivity index (χ4n) is 4.55. The summed E-state index contributed by atoms with van der Waals surface area (Å²) in [6.07, 6.45) is 4.65. The van der Waals surface area contributed by atoms with Gasteiger partial charge in [-0.1, -0.05) is 23.7 Å². The highest BCUT2D eigenvalue weighted by molar-refractivity contribution is 6.30. The molecule has 1 fully saturated rings. The number of carbonyl (C=O) groups is 1. The first kappa shape index (κ1) is 24.9. The van der Waals surface area contributed by atoms with Crippen molar-refractivity contribution in [2.75, 3.05) is 52.9 Å². The number of methoxy groups -OCH3 is 3. The van der Waals surface area contributed by atoms with E-state index in [2.05, 4.69) is 16.3 Å². The molecule has 0 aromatic heterocycles. The molecule has 186 valence electrons. The van der Waals surface area contributed by atoms with Crippen LogP contribution in [-0.4, -0.2) is 58.4 Å². The molecule has 1 saturated heterocycles. The molecular weight excluding hydrogens is 468 g/mol. The van der Waals surface area contributed by atoms with Crippen LogP contribution in [0.1, 0.15) is 24.8 Å². The normalized spacial score (nSPS) is 17.4. The summed E-state index contributed by atoms with van der Waals surface area (Å²) in [5.74, 6) is 1.31. The minimum Gasteiger partial charge on any atom is -0.493 e. The number of morpholine rings is 1. The Balaban J connectivity index is 1.72. The third kappa shape index (κ3) is 5.74. The summed E-state index contributed by atoms with van der Waals surface area (Å²) < 4.78 is 21.9. The van der Waals surface area contributed by atoms with E-state index in [1.807, 2.05) is 24.3 Å². The number of nitrogens with zero attached hydrogens (tertiary/aromatic N) is 1. The van der Waals surface area contributed by atoms with Gasteiger partial charge in [-0.05, 0) is 48.6 Å². The minimum absolute atomic E-state index is 0.137. The first-order chi connectivity index (χ1) is 17.0. The topological polar surface area (TPSA) is 69.3 Å². The summed E-state index contributed by atoms with van der Waals surface area (Å²) in [4.78, 5) is 15.9. The Kier molecular flexibility index (Phi) is 8.21. The van der Waals surface area contributed by atoms with Crippen LogP contribution in [0.25, 0.3) is 6.08 Å². The predicted molar refractivity (Wildman–Crippen MR) is 137 cm³/mol. The molecule has 35 heavy (non-hydrogen) atoms. The number of hydrogen-bond acceptors (Lipinski definition) is 6. The highest BCUT2D eigenvalue weighted by Gasteiger charge is 2.28. The van der Waals surface area contributed by atoms with Crippen molar-refractivity contribution in [3.63, 3.8) is 0 Å². The van der Waals surface area contributed by atoms with Crippen LogP contribution in [0.2, 0.25) is 5.02 Å². The number of hydrogen-bond donors (Lipinski definition) is 1. The van der Waals surface area contributed by atoms with Crippen LogP contribution in [0.15, 0.2) is 53.2 Å². The molecule has 7 nitrogen and oxygen atoms in total. The molecule has 2 aromatic carbocycles. The van der Waals surface area contributed by atoms with Crippen molar-refractivity contribution in [1.82, 2.24) is 4.90 Å². The number of halogens is 1. The maximum atomic E-state index is 13.6. The highest BCUT2D eigenvalue weighted by Crippen LogP contribution is 2.41. The van der Waals surface area contributed by atoms with Crippen molar-refractivity contribution in [3.8, 4) is 17.2 Å². The zero-order chi connectivity index (χ0) is 24.8. The van der Waals surface area contributed by atoms with Gasteiger partial charge in [-0.25, -0.2) is 0 Å². The van der Waals surface area contributed by atoms with Gasteiger partial charge in [0.25, 0.3) is 5.91 Å². The molecule has 0 unspecified atom stereocenters. The van der Waals surface area contributed by atoms with Gasteiger partial charge in [0.2, 0.25) is 5.75 Å². The molecule has 2 aliphatic rings. The van der Waals surface area contributed by atoms with Gasteiger partial charge in [0, 0.05) is 47.2 Å². The van der Waals surface area contributed by atoms with Crippen molar-refractivity contribution in [3.05, 3.63) is 63.8 Å². The number of nitrogens with one attached hydrogen (secondary N) is 1. The van der Waals surface area contributed by atoms with Gasteiger partial charge in [0.15, 0.2) is 11.5 Å². The molecule has 1 N–H and O–H groups in total. The Morgan fingerprint density at radius 2 is 1.66 bits per heavy atom. The van der Waals surface area contributed by atoms with Crippen molar-refractivity contribution in [2.24, 2.45) is 0 Å². The molecule has 0 spiro atoms. The highest BCUT2D eigenvalue weighted by atomic mass is 35.5. The molecule has 1 amide bonds. The monoisotopic (exact) mass is 498 g/mol. The lowest BCUT2D eigenvalue weighted by Gasteiger charge is -2.36. The van der Waals surface area contributed by atoms with Crippen molar-refractivity contribution in [1.29, 1.82) is 0 Å². The summed E-state index contributed by atoms with van der Waals surface area (Å²) in [6, 6.07) is 11.2. The molecule has 2 aromatic rings. The lowest BCUT2D eigenvalue weighted by molar-refractivity contribution is -0.113. The smallest absolute Gasteiger partial charge is 0.253 e. The molecule has 1 aliphatic carbocycles. The second-order valence-electron chi connectivity index (χ2n) is 8.37. The quantitative estimate of drug-likeness (QED) is 0.568. The van der Waals surface area contributed by atoms with Crippen molar-refractivity contribution >= 4 is 29.3 Å². The average Bonchev–Trinajstić information content (AvgIpc) is 2.89.